The number of anilines is 1. The summed E-state index contributed by atoms with van der Waals surface area (Å²) in [6.07, 6.45) is 11.3. The van der Waals surface area contributed by atoms with E-state index in [4.69, 9.17) is 17.3 Å². The van der Waals surface area contributed by atoms with Crippen LogP contribution < -0.4 is 11.1 Å². The highest BCUT2D eigenvalue weighted by Crippen LogP contribution is 2.67. The normalized spacial score (nSPS) is 38.0. The van der Waals surface area contributed by atoms with Crippen molar-refractivity contribution in [1.82, 2.24) is 0 Å². The molecule has 4 aliphatic rings. The number of hydrogen-bond acceptors (Lipinski definition) is 2. The maximum atomic E-state index is 6.08. The van der Waals surface area contributed by atoms with E-state index in [-0.39, 0.29) is 0 Å². The molecule has 0 saturated heterocycles. The molecule has 0 aromatic heterocycles. The van der Waals surface area contributed by atoms with E-state index in [2.05, 4.69) is 11.4 Å². The first-order chi connectivity index (χ1) is 11.1. The van der Waals surface area contributed by atoms with Gasteiger partial charge in [0, 0.05) is 17.3 Å². The van der Waals surface area contributed by atoms with Crippen molar-refractivity contribution in [2.45, 2.75) is 51.4 Å². The largest absolute Gasteiger partial charge is 0.385 e. The van der Waals surface area contributed by atoms with Crippen LogP contribution in [0.25, 0.3) is 0 Å². The molecular weight excluding hydrogens is 304 g/mol. The van der Waals surface area contributed by atoms with Crippen molar-refractivity contribution in [1.29, 1.82) is 0 Å². The average Bonchev–Trinajstić information content (AvgIpc) is 2.45. The summed E-state index contributed by atoms with van der Waals surface area (Å²) in [5, 5.41) is 4.41. The van der Waals surface area contributed by atoms with Gasteiger partial charge in [0.15, 0.2) is 0 Å². The van der Waals surface area contributed by atoms with Crippen molar-refractivity contribution < 1.29 is 0 Å². The van der Waals surface area contributed by atoms with Gasteiger partial charge in [-0.15, -0.1) is 0 Å². The average molecular weight is 333 g/mol. The second-order valence-electron chi connectivity index (χ2n) is 8.69. The fourth-order valence-electron chi connectivity index (χ4n) is 6.61. The quantitative estimate of drug-likeness (QED) is 0.762. The molecule has 1 aromatic rings. The van der Waals surface area contributed by atoms with Crippen molar-refractivity contribution in [3.8, 4) is 0 Å². The summed E-state index contributed by atoms with van der Waals surface area (Å²) < 4.78 is 0. The molecule has 23 heavy (non-hydrogen) atoms. The Hall–Kier alpha value is -0.730. The van der Waals surface area contributed by atoms with Crippen LogP contribution in [0, 0.1) is 22.7 Å². The van der Waals surface area contributed by atoms with Crippen LogP contribution in [0.1, 0.15) is 51.4 Å². The molecule has 5 rings (SSSR count). The molecule has 3 heteroatoms. The Labute approximate surface area is 145 Å². The maximum absolute atomic E-state index is 6.08. The van der Waals surface area contributed by atoms with Crippen LogP contribution in [0.5, 0.6) is 0 Å². The van der Waals surface area contributed by atoms with Crippen LogP contribution in [0.4, 0.5) is 5.69 Å². The zero-order chi connectivity index (χ0) is 15.9. The Bertz CT molecular complexity index is 557. The number of rotatable bonds is 6. The van der Waals surface area contributed by atoms with E-state index in [1.165, 1.54) is 51.4 Å². The van der Waals surface area contributed by atoms with Gasteiger partial charge in [-0.3, -0.25) is 0 Å². The molecule has 126 valence electrons. The zero-order valence-electron chi connectivity index (χ0n) is 14.0. The van der Waals surface area contributed by atoms with Crippen LogP contribution in [-0.2, 0) is 0 Å². The summed E-state index contributed by atoms with van der Waals surface area (Å²) in [6.45, 7) is 1.94. The molecule has 4 fully saturated rings. The molecule has 4 aliphatic carbocycles. The highest BCUT2D eigenvalue weighted by molar-refractivity contribution is 6.30. The van der Waals surface area contributed by atoms with Gasteiger partial charge in [0.05, 0.1) is 0 Å². The first kappa shape index (κ1) is 15.8. The molecule has 2 atom stereocenters. The van der Waals surface area contributed by atoms with E-state index < -0.39 is 0 Å². The molecule has 0 spiro atoms. The van der Waals surface area contributed by atoms with Gasteiger partial charge in [0.2, 0.25) is 0 Å². The summed E-state index contributed by atoms with van der Waals surface area (Å²) in [6, 6.07) is 8.09. The van der Waals surface area contributed by atoms with Gasteiger partial charge < -0.3 is 11.1 Å². The first-order valence-corrected chi connectivity index (χ1v) is 9.68. The van der Waals surface area contributed by atoms with Crippen LogP contribution in [0.3, 0.4) is 0 Å². The molecule has 0 radical (unpaired) electrons. The Morgan fingerprint density at radius 2 is 1.78 bits per heavy atom. The third-order valence-corrected chi connectivity index (χ3v) is 7.02. The number of nitrogens with two attached hydrogens (primary N) is 1. The molecule has 4 saturated carbocycles. The number of hydrogen-bond donors (Lipinski definition) is 2. The fourth-order valence-corrected chi connectivity index (χ4v) is 6.80. The van der Waals surface area contributed by atoms with Crippen molar-refractivity contribution in [2.75, 3.05) is 18.4 Å². The standard InChI is InChI=1S/C20H29ClN2/c21-17-2-1-3-18(9-17)23-7-5-20-12-15-8-16(13-20)11-19(10-15,14-20)4-6-22/h1-3,9,15-16,23H,4-8,10-14,22H2. The molecule has 1 aromatic carbocycles. The molecule has 0 amide bonds. The third kappa shape index (κ3) is 3.13. The second-order valence-corrected chi connectivity index (χ2v) is 9.12. The van der Waals surface area contributed by atoms with Gasteiger partial charge in [0.25, 0.3) is 0 Å². The van der Waals surface area contributed by atoms with Gasteiger partial charge in [-0.05, 0) is 98.8 Å². The summed E-state index contributed by atoms with van der Waals surface area (Å²) >= 11 is 6.08. The SMILES string of the molecule is NCCC12CC3CC(C1)CC(CCNc1cccc(Cl)c1)(C3)C2. The highest BCUT2D eigenvalue weighted by Gasteiger charge is 2.56. The van der Waals surface area contributed by atoms with Crippen LogP contribution in [0.15, 0.2) is 24.3 Å². The van der Waals surface area contributed by atoms with Crippen molar-refractivity contribution in [3.05, 3.63) is 29.3 Å². The predicted molar refractivity (Wildman–Crippen MR) is 97.8 cm³/mol. The summed E-state index contributed by atoms with van der Waals surface area (Å²) in [5.41, 5.74) is 8.29. The van der Waals surface area contributed by atoms with E-state index in [9.17, 15) is 0 Å². The van der Waals surface area contributed by atoms with Crippen LogP contribution in [0.2, 0.25) is 5.02 Å². The van der Waals surface area contributed by atoms with Gasteiger partial charge in [-0.25, -0.2) is 0 Å². The molecule has 4 bridgehead atoms. The van der Waals surface area contributed by atoms with Crippen LogP contribution >= 0.6 is 11.6 Å². The zero-order valence-corrected chi connectivity index (χ0v) is 14.7. The fraction of sp³-hybridized carbons (Fsp3) is 0.700. The van der Waals surface area contributed by atoms with Gasteiger partial charge in [-0.1, -0.05) is 17.7 Å². The summed E-state index contributed by atoms with van der Waals surface area (Å²) in [5.74, 6) is 1.96. The molecule has 0 heterocycles. The second kappa shape index (κ2) is 5.97. The van der Waals surface area contributed by atoms with E-state index in [1.807, 2.05) is 18.2 Å². The third-order valence-electron chi connectivity index (χ3n) is 6.79. The lowest BCUT2D eigenvalue weighted by molar-refractivity contribution is -0.114. The van der Waals surface area contributed by atoms with E-state index in [0.29, 0.717) is 10.8 Å². The van der Waals surface area contributed by atoms with E-state index in [1.54, 1.807) is 0 Å². The summed E-state index contributed by atoms with van der Waals surface area (Å²) in [7, 11) is 0. The molecule has 3 N–H and O–H groups in total. The van der Waals surface area contributed by atoms with Crippen molar-refractivity contribution in [3.63, 3.8) is 0 Å². The van der Waals surface area contributed by atoms with Crippen LogP contribution in [-0.4, -0.2) is 13.1 Å². The lowest BCUT2D eigenvalue weighted by Crippen LogP contribution is -2.52. The molecule has 0 aliphatic heterocycles. The van der Waals surface area contributed by atoms with E-state index in [0.717, 1.165) is 35.6 Å². The smallest absolute Gasteiger partial charge is 0.0426 e. The Morgan fingerprint density at radius 3 is 2.43 bits per heavy atom. The van der Waals surface area contributed by atoms with Crippen molar-refractivity contribution >= 4 is 17.3 Å². The number of benzene rings is 1. The summed E-state index contributed by atoms with van der Waals surface area (Å²) in [4.78, 5) is 0. The lowest BCUT2D eigenvalue weighted by Gasteiger charge is -2.62. The minimum atomic E-state index is 0.588. The monoisotopic (exact) mass is 332 g/mol. The minimum absolute atomic E-state index is 0.588. The minimum Gasteiger partial charge on any atom is -0.385 e. The number of halogens is 1. The maximum Gasteiger partial charge on any atom is 0.0426 e. The Kier molecular flexibility index (Phi) is 4.09. The topological polar surface area (TPSA) is 38.0 Å². The predicted octanol–water partition coefficient (Wildman–Crippen LogP) is 5.08. The van der Waals surface area contributed by atoms with Gasteiger partial charge in [0.1, 0.15) is 0 Å². The lowest BCUT2D eigenvalue weighted by atomic mass is 9.43. The molecular formula is C20H29ClN2. The van der Waals surface area contributed by atoms with Crippen molar-refractivity contribution in [2.24, 2.45) is 28.4 Å². The molecule has 2 nitrogen and oxygen atoms in total. The molecule has 2 unspecified atom stereocenters. The Balaban J connectivity index is 1.42. The van der Waals surface area contributed by atoms with Gasteiger partial charge in [-0.2, -0.15) is 0 Å². The first-order valence-electron chi connectivity index (χ1n) is 9.30. The van der Waals surface area contributed by atoms with E-state index >= 15 is 0 Å². The Morgan fingerprint density at radius 1 is 1.09 bits per heavy atom. The number of nitrogens with one attached hydrogen (secondary N) is 1. The highest BCUT2D eigenvalue weighted by atomic mass is 35.5. The van der Waals surface area contributed by atoms with Gasteiger partial charge >= 0.3 is 0 Å².